The van der Waals surface area contributed by atoms with Gasteiger partial charge >= 0.3 is 0 Å². The number of nitrogens with one attached hydrogen (secondary N) is 1. The molecule has 3 aromatic rings. The van der Waals surface area contributed by atoms with Crippen LogP contribution in [0, 0.1) is 20.8 Å². The van der Waals surface area contributed by atoms with E-state index in [0.717, 1.165) is 39.7 Å². The van der Waals surface area contributed by atoms with Gasteiger partial charge < -0.3 is 14.8 Å². The second-order valence-electron chi connectivity index (χ2n) is 8.75. The minimum absolute atomic E-state index is 0.194. The molecule has 0 saturated carbocycles. The molecule has 0 radical (unpaired) electrons. The lowest BCUT2D eigenvalue weighted by atomic mass is 10.1. The van der Waals surface area contributed by atoms with Crippen LogP contribution in [0.2, 0.25) is 0 Å². The van der Waals surface area contributed by atoms with Crippen molar-refractivity contribution in [2.45, 2.75) is 27.3 Å². The second kappa shape index (κ2) is 11.3. The summed E-state index contributed by atoms with van der Waals surface area (Å²) in [6, 6.07) is 18.6. The number of methoxy groups -OCH3 is 1. The number of amides is 3. The predicted octanol–water partition coefficient (Wildman–Crippen LogP) is 5.87. The van der Waals surface area contributed by atoms with Crippen LogP contribution in [0.15, 0.2) is 65.6 Å². The first-order chi connectivity index (χ1) is 17.7. The van der Waals surface area contributed by atoms with Crippen molar-refractivity contribution >= 4 is 40.6 Å². The summed E-state index contributed by atoms with van der Waals surface area (Å²) in [4.78, 5) is 39.4. The van der Waals surface area contributed by atoms with Gasteiger partial charge in [0, 0.05) is 5.69 Å². The molecule has 1 heterocycles. The van der Waals surface area contributed by atoms with Crippen molar-refractivity contribution in [1.29, 1.82) is 0 Å². The molecule has 0 spiro atoms. The summed E-state index contributed by atoms with van der Waals surface area (Å²) in [6.07, 6.45) is 1.65. The number of hydrogen-bond acceptors (Lipinski definition) is 6. The minimum Gasteiger partial charge on any atom is -0.493 e. The molecule has 1 aliphatic rings. The summed E-state index contributed by atoms with van der Waals surface area (Å²) < 4.78 is 11.1. The molecule has 0 bridgehead atoms. The Hall–Kier alpha value is -4.04. The van der Waals surface area contributed by atoms with E-state index in [-0.39, 0.29) is 30.2 Å². The summed E-state index contributed by atoms with van der Waals surface area (Å²) in [5, 5.41) is 2.55. The lowest BCUT2D eigenvalue weighted by Crippen LogP contribution is -2.27. The number of benzene rings is 3. The van der Waals surface area contributed by atoms with Gasteiger partial charge in [-0.2, -0.15) is 0 Å². The molecule has 1 aliphatic heterocycles. The second-order valence-corrected chi connectivity index (χ2v) is 9.74. The highest BCUT2D eigenvalue weighted by atomic mass is 32.2. The molecule has 1 N–H and O–H groups in total. The van der Waals surface area contributed by atoms with Crippen LogP contribution in [0.4, 0.5) is 10.5 Å². The number of carbonyl (C=O) groups excluding carboxylic acids is 3. The van der Waals surface area contributed by atoms with E-state index in [9.17, 15) is 14.4 Å². The van der Waals surface area contributed by atoms with Gasteiger partial charge in [-0.05, 0) is 79.1 Å². The van der Waals surface area contributed by atoms with Gasteiger partial charge in [-0.3, -0.25) is 19.3 Å². The summed E-state index contributed by atoms with van der Waals surface area (Å²) >= 11 is 0.908. The number of rotatable bonds is 8. The number of aryl methyl sites for hydroxylation is 2. The molecule has 8 heteroatoms. The maximum Gasteiger partial charge on any atom is 0.293 e. The molecule has 1 fully saturated rings. The van der Waals surface area contributed by atoms with Crippen LogP contribution in [0.25, 0.3) is 6.08 Å². The molecular weight excluding hydrogens is 488 g/mol. The molecule has 4 rings (SSSR count). The Morgan fingerprint density at radius 3 is 2.54 bits per heavy atom. The molecule has 190 valence electrons. The van der Waals surface area contributed by atoms with Crippen LogP contribution in [0.3, 0.4) is 0 Å². The Morgan fingerprint density at radius 1 is 1.00 bits per heavy atom. The number of thioether (sulfide) groups is 1. The van der Waals surface area contributed by atoms with Gasteiger partial charge in [-0.25, -0.2) is 0 Å². The van der Waals surface area contributed by atoms with E-state index < -0.39 is 0 Å². The third-order valence-electron chi connectivity index (χ3n) is 6.02. The fourth-order valence-corrected chi connectivity index (χ4v) is 4.73. The molecule has 0 unspecified atom stereocenters. The first-order valence-electron chi connectivity index (χ1n) is 11.7. The van der Waals surface area contributed by atoms with Gasteiger partial charge in [0.05, 0.1) is 18.6 Å². The van der Waals surface area contributed by atoms with E-state index in [1.54, 1.807) is 24.3 Å². The highest BCUT2D eigenvalue weighted by Crippen LogP contribution is 2.35. The van der Waals surface area contributed by atoms with Crippen molar-refractivity contribution in [1.82, 2.24) is 4.90 Å². The highest BCUT2D eigenvalue weighted by Gasteiger charge is 2.35. The maximum absolute atomic E-state index is 12.9. The first kappa shape index (κ1) is 26.0. The Kier molecular flexibility index (Phi) is 7.98. The van der Waals surface area contributed by atoms with E-state index >= 15 is 0 Å². The van der Waals surface area contributed by atoms with Crippen LogP contribution in [0.1, 0.15) is 27.8 Å². The van der Waals surface area contributed by atoms with Crippen molar-refractivity contribution in [2.75, 3.05) is 19.0 Å². The smallest absolute Gasteiger partial charge is 0.293 e. The number of hydrogen-bond donors (Lipinski definition) is 1. The number of anilines is 1. The third-order valence-corrected chi connectivity index (χ3v) is 6.93. The Labute approximate surface area is 220 Å². The Balaban J connectivity index is 1.42. The minimum atomic E-state index is -0.334. The topological polar surface area (TPSA) is 84.9 Å². The molecule has 0 aromatic heterocycles. The lowest BCUT2D eigenvalue weighted by molar-refractivity contribution is -0.123. The number of carbonyl (C=O) groups is 3. The fourth-order valence-electron chi connectivity index (χ4n) is 3.89. The van der Waals surface area contributed by atoms with Gasteiger partial charge in [0.2, 0.25) is 0 Å². The van der Waals surface area contributed by atoms with Crippen molar-refractivity contribution in [3.05, 3.63) is 93.4 Å². The molecule has 7 nitrogen and oxygen atoms in total. The SMILES string of the molecule is COc1cc(/C=C2\SC(=O)N(Cc3cccc(C)c3)C2=O)ccc1OCC(=O)Nc1cccc(C)c1C. The fraction of sp³-hybridized carbons (Fsp3) is 0.207. The average molecular weight is 517 g/mol. The monoisotopic (exact) mass is 516 g/mol. The van der Waals surface area contributed by atoms with Crippen LogP contribution >= 0.6 is 11.8 Å². The van der Waals surface area contributed by atoms with Gasteiger partial charge in [-0.15, -0.1) is 0 Å². The molecule has 3 amide bonds. The average Bonchev–Trinajstić information content (AvgIpc) is 3.13. The molecule has 0 aliphatic carbocycles. The first-order valence-corrected chi connectivity index (χ1v) is 12.5. The van der Waals surface area contributed by atoms with Crippen LogP contribution in [-0.2, 0) is 16.1 Å². The summed E-state index contributed by atoms with van der Waals surface area (Å²) in [6.45, 7) is 5.93. The van der Waals surface area contributed by atoms with Crippen molar-refractivity contribution in [3.63, 3.8) is 0 Å². The zero-order valence-electron chi connectivity index (χ0n) is 21.2. The summed E-state index contributed by atoms with van der Waals surface area (Å²) in [5.41, 5.74) is 5.47. The van der Waals surface area contributed by atoms with Crippen molar-refractivity contribution in [3.8, 4) is 11.5 Å². The van der Waals surface area contributed by atoms with Crippen LogP contribution in [-0.4, -0.2) is 35.7 Å². The zero-order chi connectivity index (χ0) is 26.5. The zero-order valence-corrected chi connectivity index (χ0v) is 22.0. The van der Waals surface area contributed by atoms with Gasteiger partial charge in [0.25, 0.3) is 17.1 Å². The Bertz CT molecular complexity index is 1400. The van der Waals surface area contributed by atoms with Gasteiger partial charge in [0.15, 0.2) is 18.1 Å². The standard InChI is InChI=1S/C29H28N2O5S/c1-18-7-5-9-22(13-18)16-31-28(33)26(37-29(31)34)15-21-11-12-24(25(14-21)35-4)36-17-27(32)30-23-10-6-8-19(2)20(23)3/h5-15H,16-17H2,1-4H3,(H,30,32)/b26-15-. The molecule has 3 aromatic carbocycles. The normalized spacial score (nSPS) is 14.3. The van der Waals surface area contributed by atoms with E-state index in [1.165, 1.54) is 12.0 Å². The van der Waals surface area contributed by atoms with Gasteiger partial charge in [0.1, 0.15) is 0 Å². The molecule has 0 atom stereocenters. The number of nitrogens with zero attached hydrogens (tertiary/aromatic N) is 1. The molecule has 37 heavy (non-hydrogen) atoms. The highest BCUT2D eigenvalue weighted by molar-refractivity contribution is 8.18. The van der Waals surface area contributed by atoms with Crippen LogP contribution < -0.4 is 14.8 Å². The van der Waals surface area contributed by atoms with E-state index in [2.05, 4.69) is 5.32 Å². The third kappa shape index (κ3) is 6.21. The quantitative estimate of drug-likeness (QED) is 0.377. The van der Waals surface area contributed by atoms with Gasteiger partial charge in [-0.1, -0.05) is 48.0 Å². The van der Waals surface area contributed by atoms with E-state index in [1.807, 2.05) is 63.2 Å². The lowest BCUT2D eigenvalue weighted by Gasteiger charge is -2.13. The summed E-state index contributed by atoms with van der Waals surface area (Å²) in [7, 11) is 1.50. The summed E-state index contributed by atoms with van der Waals surface area (Å²) in [5.74, 6) is 0.177. The Morgan fingerprint density at radius 2 is 1.78 bits per heavy atom. The van der Waals surface area contributed by atoms with Crippen molar-refractivity contribution in [2.24, 2.45) is 0 Å². The molecule has 1 saturated heterocycles. The van der Waals surface area contributed by atoms with Crippen molar-refractivity contribution < 1.29 is 23.9 Å². The maximum atomic E-state index is 12.9. The predicted molar refractivity (Wildman–Crippen MR) is 146 cm³/mol. The van der Waals surface area contributed by atoms with E-state index in [4.69, 9.17) is 9.47 Å². The number of ether oxygens (including phenoxy) is 2. The van der Waals surface area contributed by atoms with Crippen LogP contribution in [0.5, 0.6) is 11.5 Å². The number of imide groups is 1. The molecular formula is C29H28N2O5S. The largest absolute Gasteiger partial charge is 0.493 e. The van der Waals surface area contributed by atoms with E-state index in [0.29, 0.717) is 22.0 Å².